The zero-order chi connectivity index (χ0) is 31.4. The molecule has 0 aromatic rings. The first-order chi connectivity index (χ1) is 20.5. The Morgan fingerprint density at radius 1 is 0.977 bits per heavy atom. The first kappa shape index (κ1) is 34.8. The first-order valence-corrected chi connectivity index (χ1v) is 15.5. The van der Waals surface area contributed by atoms with Crippen LogP contribution in [-0.2, 0) is 19.0 Å². The number of aliphatic hydroxyl groups is 5. The Kier molecular flexibility index (Phi) is 12.5. The molecule has 4 fully saturated rings. The van der Waals surface area contributed by atoms with Crippen molar-refractivity contribution in [2.75, 3.05) is 26.2 Å². The molecule has 250 valence electrons. The third-order valence-electron chi connectivity index (χ3n) is 9.58. The predicted molar refractivity (Wildman–Crippen MR) is 154 cm³/mol. The summed E-state index contributed by atoms with van der Waals surface area (Å²) in [5.41, 5.74) is 30.1. The average Bonchev–Trinajstić information content (AvgIpc) is 2.96. The fraction of sp³-hybridized carbons (Fsp3) is 0.963. The van der Waals surface area contributed by atoms with Crippen molar-refractivity contribution in [3.8, 4) is 0 Å². The molecule has 14 atom stereocenters. The van der Waals surface area contributed by atoms with E-state index in [9.17, 15) is 30.3 Å². The van der Waals surface area contributed by atoms with Crippen LogP contribution in [0.4, 0.5) is 0 Å². The number of hydrogen-bond acceptors (Lipinski definition) is 15. The number of nitrogens with one attached hydrogen (secondary N) is 2. The normalized spacial score (nSPS) is 46.1. The van der Waals surface area contributed by atoms with Crippen LogP contribution in [0.1, 0.15) is 38.5 Å². The Bertz CT molecular complexity index is 888. The van der Waals surface area contributed by atoms with Gasteiger partial charge in [0.1, 0.15) is 30.5 Å². The van der Waals surface area contributed by atoms with Crippen LogP contribution in [-0.4, -0.2) is 143 Å². The van der Waals surface area contributed by atoms with Gasteiger partial charge in [-0.05, 0) is 57.5 Å². The molecule has 1 amide bonds. The van der Waals surface area contributed by atoms with Crippen molar-refractivity contribution >= 4 is 5.91 Å². The first-order valence-electron chi connectivity index (χ1n) is 15.5. The minimum atomic E-state index is -1.52. The summed E-state index contributed by atoms with van der Waals surface area (Å²) in [5, 5.41) is 59.2. The zero-order valence-corrected chi connectivity index (χ0v) is 24.6. The highest BCUT2D eigenvalue weighted by Crippen LogP contribution is 2.37. The maximum absolute atomic E-state index is 12.8. The van der Waals surface area contributed by atoms with Crippen molar-refractivity contribution < 1.29 is 44.5 Å². The molecular formula is C27H53N7O9. The Morgan fingerprint density at radius 3 is 2.33 bits per heavy atom. The number of amides is 1. The lowest BCUT2D eigenvalue weighted by Gasteiger charge is -2.51. The van der Waals surface area contributed by atoms with Gasteiger partial charge in [0.2, 0.25) is 5.91 Å². The van der Waals surface area contributed by atoms with Crippen molar-refractivity contribution in [2.45, 2.75) is 124 Å². The number of nitrogens with two attached hydrogens (primary N) is 5. The van der Waals surface area contributed by atoms with E-state index < -0.39 is 85.6 Å². The summed E-state index contributed by atoms with van der Waals surface area (Å²) < 4.78 is 18.2. The van der Waals surface area contributed by atoms with Gasteiger partial charge in [0.15, 0.2) is 6.29 Å². The standard InChI is InChI=1S/C27H53N7O9/c28-4-3-17(36)26(40)34-16-7-14(31)19(22(38)25(16)43-27-23(39)20(32)21(37)18(10-35)42-27)24-15(2-1-13(8-29)41-24)33-9-11-5-12(30)6-11/h11-25,27,33,35-39H,1-10,28-32H2,(H,34,40). The largest absolute Gasteiger partial charge is 0.394 e. The molecule has 0 aromatic heterocycles. The molecule has 0 aromatic carbocycles. The molecule has 2 saturated heterocycles. The van der Waals surface area contributed by atoms with E-state index in [0.29, 0.717) is 12.5 Å². The molecule has 14 unspecified atom stereocenters. The molecule has 17 N–H and O–H groups in total. The number of ether oxygens (including phenoxy) is 3. The van der Waals surface area contributed by atoms with Crippen LogP contribution in [0.25, 0.3) is 0 Å². The van der Waals surface area contributed by atoms with E-state index in [4.69, 9.17) is 42.9 Å². The molecule has 0 spiro atoms. The second-order valence-corrected chi connectivity index (χ2v) is 12.7. The van der Waals surface area contributed by atoms with E-state index in [2.05, 4.69) is 10.6 Å². The van der Waals surface area contributed by atoms with Gasteiger partial charge in [-0.25, -0.2) is 0 Å². The Morgan fingerprint density at radius 2 is 1.70 bits per heavy atom. The minimum Gasteiger partial charge on any atom is -0.394 e. The van der Waals surface area contributed by atoms with Gasteiger partial charge in [-0.1, -0.05) is 0 Å². The predicted octanol–water partition coefficient (Wildman–Crippen LogP) is -5.76. The molecule has 43 heavy (non-hydrogen) atoms. The molecule has 4 aliphatic rings. The maximum Gasteiger partial charge on any atom is 0.249 e. The van der Waals surface area contributed by atoms with Gasteiger partial charge in [-0.15, -0.1) is 0 Å². The second-order valence-electron chi connectivity index (χ2n) is 12.7. The Hall–Kier alpha value is -1.09. The highest BCUT2D eigenvalue weighted by molar-refractivity contribution is 5.80. The summed E-state index contributed by atoms with van der Waals surface area (Å²) in [7, 11) is 0. The van der Waals surface area contributed by atoms with Crippen molar-refractivity contribution in [3.05, 3.63) is 0 Å². The van der Waals surface area contributed by atoms with Crippen LogP contribution < -0.4 is 39.3 Å². The molecule has 2 saturated carbocycles. The molecule has 16 nitrogen and oxygen atoms in total. The van der Waals surface area contributed by atoms with Crippen molar-refractivity contribution in [3.63, 3.8) is 0 Å². The highest BCUT2D eigenvalue weighted by Gasteiger charge is 2.53. The Balaban J connectivity index is 1.58. The number of carbonyl (C=O) groups excluding carboxylic acids is 1. The van der Waals surface area contributed by atoms with Crippen LogP contribution in [0.2, 0.25) is 0 Å². The number of aliphatic hydroxyl groups excluding tert-OH is 5. The van der Waals surface area contributed by atoms with Crippen LogP contribution in [0, 0.1) is 11.8 Å². The van der Waals surface area contributed by atoms with E-state index in [1.54, 1.807) is 0 Å². The lowest BCUT2D eigenvalue weighted by molar-refractivity contribution is -0.306. The van der Waals surface area contributed by atoms with Crippen LogP contribution in [0.15, 0.2) is 0 Å². The number of carbonyl (C=O) groups is 1. The summed E-state index contributed by atoms with van der Waals surface area (Å²) in [6, 6.07) is -2.73. The maximum atomic E-state index is 12.8. The summed E-state index contributed by atoms with van der Waals surface area (Å²) in [4.78, 5) is 12.8. The molecule has 4 rings (SSSR count). The van der Waals surface area contributed by atoms with E-state index >= 15 is 0 Å². The molecule has 0 bridgehead atoms. The van der Waals surface area contributed by atoms with E-state index in [0.717, 1.165) is 32.2 Å². The van der Waals surface area contributed by atoms with Crippen molar-refractivity contribution in [1.29, 1.82) is 0 Å². The fourth-order valence-electron chi connectivity index (χ4n) is 6.94. The summed E-state index contributed by atoms with van der Waals surface area (Å²) in [6.07, 6.45) is -6.72. The summed E-state index contributed by atoms with van der Waals surface area (Å²) in [6.45, 7) is 0.521. The van der Waals surface area contributed by atoms with Crippen LogP contribution in [0.5, 0.6) is 0 Å². The van der Waals surface area contributed by atoms with Gasteiger partial charge in [-0.2, -0.15) is 0 Å². The van der Waals surface area contributed by atoms with Gasteiger partial charge in [0, 0.05) is 30.6 Å². The van der Waals surface area contributed by atoms with Gasteiger partial charge < -0.3 is 79.0 Å². The van der Waals surface area contributed by atoms with Crippen molar-refractivity contribution in [1.82, 2.24) is 10.6 Å². The van der Waals surface area contributed by atoms with Gasteiger partial charge in [-0.3, -0.25) is 4.79 Å². The monoisotopic (exact) mass is 619 g/mol. The summed E-state index contributed by atoms with van der Waals surface area (Å²) >= 11 is 0. The minimum absolute atomic E-state index is 0.0202. The van der Waals surface area contributed by atoms with Crippen LogP contribution >= 0.6 is 0 Å². The van der Waals surface area contributed by atoms with E-state index in [1.165, 1.54) is 0 Å². The topological polar surface area (TPSA) is 300 Å². The van der Waals surface area contributed by atoms with Gasteiger partial charge in [0.05, 0.1) is 37.0 Å². The third kappa shape index (κ3) is 8.01. The molecule has 0 radical (unpaired) electrons. The number of rotatable bonds is 12. The highest BCUT2D eigenvalue weighted by atomic mass is 16.7. The third-order valence-corrected chi connectivity index (χ3v) is 9.58. The second kappa shape index (κ2) is 15.5. The lowest BCUT2D eigenvalue weighted by Crippen LogP contribution is -2.69. The zero-order valence-electron chi connectivity index (χ0n) is 24.6. The smallest absolute Gasteiger partial charge is 0.249 e. The molecular weight excluding hydrogens is 566 g/mol. The molecule has 2 aliphatic carbocycles. The SMILES string of the molecule is NCCC(O)C(=O)NC1CC(N)C(C2OC(CN)CCC2NCC2CC(N)C2)C(O)C1OC1OC(CO)C(O)C(N)C1O. The molecule has 16 heteroatoms. The average molecular weight is 620 g/mol. The quantitative estimate of drug-likeness (QED) is 0.0968. The number of hydrogen-bond donors (Lipinski definition) is 12. The van der Waals surface area contributed by atoms with Gasteiger partial charge >= 0.3 is 0 Å². The van der Waals surface area contributed by atoms with Crippen LogP contribution in [0.3, 0.4) is 0 Å². The fourth-order valence-corrected chi connectivity index (χ4v) is 6.94. The lowest BCUT2D eigenvalue weighted by atomic mass is 9.71. The Labute approximate surface area is 251 Å². The molecule has 2 aliphatic heterocycles. The van der Waals surface area contributed by atoms with E-state index in [-0.39, 0.29) is 37.6 Å². The summed E-state index contributed by atoms with van der Waals surface area (Å²) in [5.74, 6) is -0.952. The van der Waals surface area contributed by atoms with E-state index in [1.807, 2.05) is 0 Å². The molecule has 2 heterocycles. The van der Waals surface area contributed by atoms with Gasteiger partial charge in [0.25, 0.3) is 0 Å². The van der Waals surface area contributed by atoms with Crippen molar-refractivity contribution in [2.24, 2.45) is 40.5 Å².